The minimum absolute atomic E-state index is 0.00575. The highest BCUT2D eigenvalue weighted by molar-refractivity contribution is 5.78. The summed E-state index contributed by atoms with van der Waals surface area (Å²) in [5.74, 6) is -1.04. The number of aromatic nitrogens is 3. The van der Waals surface area contributed by atoms with E-state index in [0.29, 0.717) is 0 Å². The first-order valence-corrected chi connectivity index (χ1v) is 7.52. The molecule has 2 aliphatic carbocycles. The molecular weight excluding hydrogens is 272 g/mol. The number of aliphatic carboxylic acids is 1. The smallest absolute Gasteiger partial charge is 0.305 e. The molecule has 7 nitrogen and oxygen atoms in total. The van der Waals surface area contributed by atoms with Crippen LogP contribution in [0.5, 0.6) is 0 Å². The summed E-state index contributed by atoms with van der Waals surface area (Å²) in [5.41, 5.74) is 1.50. The van der Waals surface area contributed by atoms with E-state index in [4.69, 9.17) is 5.11 Å². The van der Waals surface area contributed by atoms with E-state index in [2.05, 4.69) is 15.6 Å². The van der Waals surface area contributed by atoms with Crippen molar-refractivity contribution < 1.29 is 14.7 Å². The molecule has 0 aliphatic heterocycles. The minimum atomic E-state index is -0.867. The lowest BCUT2D eigenvalue weighted by molar-refractivity contribution is -0.140. The van der Waals surface area contributed by atoms with Crippen molar-refractivity contribution in [2.24, 2.45) is 0 Å². The first-order valence-electron chi connectivity index (χ1n) is 7.52. The Balaban J connectivity index is 1.64. The normalized spacial score (nSPS) is 19.4. The molecule has 1 fully saturated rings. The number of rotatable bonds is 5. The number of amides is 1. The Bertz CT molecular complexity index is 563. The Kier molecular flexibility index (Phi) is 3.65. The van der Waals surface area contributed by atoms with Crippen LogP contribution in [0.1, 0.15) is 49.9 Å². The molecule has 2 N–H and O–H groups in total. The number of hydrogen-bond donors (Lipinski definition) is 2. The SMILES string of the molecule is O=C(O)CC1(NC(=O)Cn2nnc3c2CCCC3)CCC1. The second-order valence-electron chi connectivity index (χ2n) is 6.10. The van der Waals surface area contributed by atoms with Crippen molar-refractivity contribution in [1.82, 2.24) is 20.3 Å². The predicted molar refractivity (Wildman–Crippen MR) is 73.6 cm³/mol. The van der Waals surface area contributed by atoms with Crippen LogP contribution in [0.15, 0.2) is 0 Å². The number of carbonyl (C=O) groups excluding carboxylic acids is 1. The summed E-state index contributed by atoms with van der Waals surface area (Å²) in [4.78, 5) is 23.1. The minimum Gasteiger partial charge on any atom is -0.481 e. The van der Waals surface area contributed by atoms with E-state index in [-0.39, 0.29) is 18.9 Å². The van der Waals surface area contributed by atoms with Gasteiger partial charge in [0.05, 0.1) is 23.3 Å². The Labute approximate surface area is 122 Å². The molecule has 21 heavy (non-hydrogen) atoms. The van der Waals surface area contributed by atoms with Gasteiger partial charge in [-0.2, -0.15) is 0 Å². The molecular formula is C14H20N4O3. The third-order valence-corrected chi connectivity index (χ3v) is 4.49. The summed E-state index contributed by atoms with van der Waals surface area (Å²) >= 11 is 0. The number of nitrogens with zero attached hydrogens (tertiary/aromatic N) is 3. The lowest BCUT2D eigenvalue weighted by Gasteiger charge is -2.41. The number of aryl methyl sites for hydroxylation is 1. The molecule has 3 rings (SSSR count). The highest BCUT2D eigenvalue weighted by atomic mass is 16.4. The summed E-state index contributed by atoms with van der Waals surface area (Å²) in [6, 6.07) is 0. The summed E-state index contributed by atoms with van der Waals surface area (Å²) in [6.45, 7) is 0.129. The average Bonchev–Trinajstić information content (AvgIpc) is 2.79. The fraction of sp³-hybridized carbons (Fsp3) is 0.714. The Morgan fingerprint density at radius 1 is 1.24 bits per heavy atom. The molecule has 0 saturated heterocycles. The van der Waals surface area contributed by atoms with Crippen molar-refractivity contribution >= 4 is 11.9 Å². The van der Waals surface area contributed by atoms with Crippen LogP contribution < -0.4 is 5.32 Å². The van der Waals surface area contributed by atoms with Crippen molar-refractivity contribution in [3.63, 3.8) is 0 Å². The Hall–Kier alpha value is -1.92. The maximum absolute atomic E-state index is 12.2. The lowest BCUT2D eigenvalue weighted by atomic mass is 9.74. The molecule has 1 aromatic rings. The van der Waals surface area contributed by atoms with Crippen molar-refractivity contribution in [2.75, 3.05) is 0 Å². The molecule has 0 atom stereocenters. The predicted octanol–water partition coefficient (Wildman–Crippen LogP) is 0.670. The van der Waals surface area contributed by atoms with Gasteiger partial charge in [0.25, 0.3) is 0 Å². The highest BCUT2D eigenvalue weighted by Crippen LogP contribution is 2.34. The van der Waals surface area contributed by atoms with Crippen molar-refractivity contribution in [2.45, 2.75) is 63.5 Å². The van der Waals surface area contributed by atoms with Gasteiger partial charge >= 0.3 is 5.97 Å². The fourth-order valence-electron chi connectivity index (χ4n) is 3.26. The third kappa shape index (κ3) is 2.91. The number of carbonyl (C=O) groups is 2. The second kappa shape index (κ2) is 5.46. The summed E-state index contributed by atoms with van der Waals surface area (Å²) in [5, 5.41) is 20.1. The van der Waals surface area contributed by atoms with Gasteiger partial charge in [0.1, 0.15) is 6.54 Å². The number of nitrogens with one attached hydrogen (secondary N) is 1. The van der Waals surface area contributed by atoms with Gasteiger partial charge < -0.3 is 10.4 Å². The standard InChI is InChI=1S/C14H20N4O3/c19-12(15-14(6-3-7-14)8-13(20)21)9-18-11-5-2-1-4-10(11)16-17-18/h1-9H2,(H,15,19)(H,20,21). The first kappa shape index (κ1) is 14.0. The van der Waals surface area contributed by atoms with E-state index >= 15 is 0 Å². The number of fused-ring (bicyclic) bond motifs is 1. The molecule has 114 valence electrons. The van der Waals surface area contributed by atoms with Crippen LogP contribution in [0, 0.1) is 0 Å². The molecule has 1 amide bonds. The number of carboxylic acid groups (broad SMARTS) is 1. The van der Waals surface area contributed by atoms with Gasteiger partial charge in [-0.1, -0.05) is 5.21 Å². The number of hydrogen-bond acceptors (Lipinski definition) is 4. The van der Waals surface area contributed by atoms with E-state index in [1.54, 1.807) is 4.68 Å². The molecule has 1 saturated carbocycles. The van der Waals surface area contributed by atoms with Crippen LogP contribution in [0.3, 0.4) is 0 Å². The molecule has 0 unspecified atom stereocenters. The van der Waals surface area contributed by atoms with Crippen molar-refractivity contribution in [3.05, 3.63) is 11.4 Å². The van der Waals surface area contributed by atoms with Crippen molar-refractivity contribution in [1.29, 1.82) is 0 Å². The van der Waals surface area contributed by atoms with Crippen LogP contribution in [-0.2, 0) is 29.0 Å². The molecule has 0 bridgehead atoms. The average molecular weight is 292 g/mol. The van der Waals surface area contributed by atoms with Crippen molar-refractivity contribution in [3.8, 4) is 0 Å². The molecule has 0 aromatic carbocycles. The molecule has 0 spiro atoms. The molecule has 2 aliphatic rings. The van der Waals surface area contributed by atoms with Gasteiger partial charge in [0, 0.05) is 0 Å². The first-order chi connectivity index (χ1) is 10.1. The second-order valence-corrected chi connectivity index (χ2v) is 6.10. The van der Waals surface area contributed by atoms with E-state index in [0.717, 1.165) is 56.3 Å². The number of carboxylic acids is 1. The van der Waals surface area contributed by atoms with E-state index < -0.39 is 11.5 Å². The van der Waals surface area contributed by atoms with E-state index in [1.165, 1.54) is 0 Å². The lowest BCUT2D eigenvalue weighted by Crippen LogP contribution is -2.55. The van der Waals surface area contributed by atoms with Gasteiger partial charge in [0.15, 0.2) is 0 Å². The quantitative estimate of drug-likeness (QED) is 0.831. The molecule has 0 radical (unpaired) electrons. The maximum Gasteiger partial charge on any atom is 0.305 e. The Morgan fingerprint density at radius 2 is 2.00 bits per heavy atom. The topological polar surface area (TPSA) is 97.1 Å². The van der Waals surface area contributed by atoms with Crippen LogP contribution >= 0.6 is 0 Å². The van der Waals surface area contributed by atoms with E-state index in [9.17, 15) is 9.59 Å². The maximum atomic E-state index is 12.2. The largest absolute Gasteiger partial charge is 0.481 e. The summed E-state index contributed by atoms with van der Waals surface area (Å²) < 4.78 is 1.66. The third-order valence-electron chi connectivity index (χ3n) is 4.49. The zero-order valence-corrected chi connectivity index (χ0v) is 12.0. The van der Waals surface area contributed by atoms with Crippen LogP contribution in [0.2, 0.25) is 0 Å². The van der Waals surface area contributed by atoms with Gasteiger partial charge in [-0.05, 0) is 44.9 Å². The highest BCUT2D eigenvalue weighted by Gasteiger charge is 2.40. The molecule has 7 heteroatoms. The van der Waals surface area contributed by atoms with Gasteiger partial charge in [0.2, 0.25) is 5.91 Å². The molecule has 1 heterocycles. The zero-order chi connectivity index (χ0) is 14.9. The monoisotopic (exact) mass is 292 g/mol. The fourth-order valence-corrected chi connectivity index (χ4v) is 3.26. The molecule has 1 aromatic heterocycles. The summed E-state index contributed by atoms with van der Waals surface area (Å²) in [6.07, 6.45) is 6.50. The van der Waals surface area contributed by atoms with Gasteiger partial charge in [-0.25, -0.2) is 4.68 Å². The van der Waals surface area contributed by atoms with Gasteiger partial charge in [-0.15, -0.1) is 5.10 Å². The van der Waals surface area contributed by atoms with E-state index in [1.807, 2.05) is 0 Å². The van der Waals surface area contributed by atoms with Crippen LogP contribution in [0.25, 0.3) is 0 Å². The Morgan fingerprint density at radius 3 is 2.67 bits per heavy atom. The zero-order valence-electron chi connectivity index (χ0n) is 12.0. The van der Waals surface area contributed by atoms with Gasteiger partial charge in [-0.3, -0.25) is 9.59 Å². The van der Waals surface area contributed by atoms with Crippen LogP contribution in [-0.4, -0.2) is 37.5 Å². The van der Waals surface area contributed by atoms with Crippen LogP contribution in [0.4, 0.5) is 0 Å². The summed E-state index contributed by atoms with van der Waals surface area (Å²) in [7, 11) is 0.